The van der Waals surface area contributed by atoms with Gasteiger partial charge >= 0.3 is 6.03 Å². The van der Waals surface area contributed by atoms with E-state index in [1.165, 1.54) is 25.9 Å². The first-order chi connectivity index (χ1) is 9.02. The van der Waals surface area contributed by atoms with Gasteiger partial charge in [-0.05, 0) is 51.7 Å². The molecular formula is C15H29N3O. The number of nitrogens with zero attached hydrogens (tertiary/aromatic N) is 3. The first kappa shape index (κ1) is 14.6. The predicted molar refractivity (Wildman–Crippen MR) is 78.2 cm³/mol. The molecule has 0 N–H and O–H groups in total. The zero-order valence-electron chi connectivity index (χ0n) is 12.9. The second kappa shape index (κ2) is 6.12. The van der Waals surface area contributed by atoms with Gasteiger partial charge in [0.1, 0.15) is 0 Å². The zero-order valence-corrected chi connectivity index (χ0v) is 12.9. The average molecular weight is 267 g/mol. The summed E-state index contributed by atoms with van der Waals surface area (Å²) in [5.74, 6) is 1.25. The molecule has 2 aliphatic heterocycles. The van der Waals surface area contributed by atoms with E-state index in [4.69, 9.17) is 0 Å². The first-order valence-corrected chi connectivity index (χ1v) is 7.77. The smallest absolute Gasteiger partial charge is 0.320 e. The highest BCUT2D eigenvalue weighted by Crippen LogP contribution is 2.25. The molecule has 2 rings (SSSR count). The van der Waals surface area contributed by atoms with Crippen LogP contribution in [0.1, 0.15) is 33.6 Å². The van der Waals surface area contributed by atoms with Crippen LogP contribution in [0.15, 0.2) is 0 Å². The lowest BCUT2D eigenvalue weighted by Crippen LogP contribution is -2.39. The molecule has 0 aromatic heterocycles. The Balaban J connectivity index is 1.92. The molecule has 2 saturated heterocycles. The minimum Gasteiger partial charge on any atom is -0.322 e. The summed E-state index contributed by atoms with van der Waals surface area (Å²) in [4.78, 5) is 19.0. The van der Waals surface area contributed by atoms with E-state index in [0.717, 1.165) is 19.6 Å². The molecule has 0 aliphatic carbocycles. The van der Waals surface area contributed by atoms with E-state index in [9.17, 15) is 4.79 Å². The Morgan fingerprint density at radius 1 is 1.26 bits per heavy atom. The van der Waals surface area contributed by atoms with Gasteiger partial charge < -0.3 is 14.7 Å². The van der Waals surface area contributed by atoms with Crippen molar-refractivity contribution in [2.24, 2.45) is 11.8 Å². The van der Waals surface area contributed by atoms with Crippen LogP contribution in [0.25, 0.3) is 0 Å². The van der Waals surface area contributed by atoms with Gasteiger partial charge in [0.25, 0.3) is 0 Å². The SMILES string of the molecule is CCN1C(=O)N(CC2CCN(C)CC2)CC1C(C)C. The van der Waals surface area contributed by atoms with Crippen molar-refractivity contribution in [3.63, 3.8) is 0 Å². The van der Waals surface area contributed by atoms with E-state index >= 15 is 0 Å². The maximum atomic E-state index is 12.4. The van der Waals surface area contributed by atoms with Gasteiger partial charge in [0, 0.05) is 19.6 Å². The third-order valence-electron chi connectivity index (χ3n) is 4.75. The molecule has 19 heavy (non-hydrogen) atoms. The highest BCUT2D eigenvalue weighted by atomic mass is 16.2. The van der Waals surface area contributed by atoms with E-state index in [1.54, 1.807) is 0 Å². The maximum absolute atomic E-state index is 12.4. The number of hydrogen-bond donors (Lipinski definition) is 0. The highest BCUT2D eigenvalue weighted by Gasteiger charge is 2.38. The van der Waals surface area contributed by atoms with Crippen molar-refractivity contribution in [3.05, 3.63) is 0 Å². The molecule has 1 unspecified atom stereocenters. The summed E-state index contributed by atoms with van der Waals surface area (Å²) in [5, 5.41) is 0. The lowest BCUT2D eigenvalue weighted by atomic mass is 9.96. The van der Waals surface area contributed by atoms with Gasteiger partial charge in [0.2, 0.25) is 0 Å². The van der Waals surface area contributed by atoms with Crippen LogP contribution in [0, 0.1) is 11.8 Å². The third kappa shape index (κ3) is 3.22. The van der Waals surface area contributed by atoms with Gasteiger partial charge in [0.15, 0.2) is 0 Å². The summed E-state index contributed by atoms with van der Waals surface area (Å²) in [6.45, 7) is 11.6. The van der Waals surface area contributed by atoms with Crippen LogP contribution >= 0.6 is 0 Å². The Labute approximate surface area is 117 Å². The molecule has 0 radical (unpaired) electrons. The molecule has 2 amide bonds. The largest absolute Gasteiger partial charge is 0.322 e. The number of urea groups is 1. The molecule has 1 atom stereocenters. The molecule has 0 spiro atoms. The van der Waals surface area contributed by atoms with Crippen molar-refractivity contribution in [3.8, 4) is 0 Å². The summed E-state index contributed by atoms with van der Waals surface area (Å²) in [6, 6.07) is 0.670. The van der Waals surface area contributed by atoms with Crippen molar-refractivity contribution in [1.82, 2.24) is 14.7 Å². The Morgan fingerprint density at radius 2 is 1.89 bits per heavy atom. The van der Waals surface area contributed by atoms with Gasteiger partial charge in [0.05, 0.1) is 6.04 Å². The van der Waals surface area contributed by atoms with Crippen molar-refractivity contribution in [2.75, 3.05) is 39.8 Å². The van der Waals surface area contributed by atoms with E-state index in [-0.39, 0.29) is 6.03 Å². The number of rotatable bonds is 4. The quantitative estimate of drug-likeness (QED) is 0.780. The molecule has 2 heterocycles. The standard InChI is InChI=1S/C15H29N3O/c1-5-18-14(12(2)3)11-17(15(18)19)10-13-6-8-16(4)9-7-13/h12-14H,5-11H2,1-4H3. The number of amides is 2. The first-order valence-electron chi connectivity index (χ1n) is 7.77. The van der Waals surface area contributed by atoms with Crippen LogP contribution in [0.4, 0.5) is 4.79 Å². The van der Waals surface area contributed by atoms with Crippen LogP contribution in [0.5, 0.6) is 0 Å². The number of carbonyl (C=O) groups is 1. The summed E-state index contributed by atoms with van der Waals surface area (Å²) in [6.07, 6.45) is 2.47. The van der Waals surface area contributed by atoms with Crippen LogP contribution < -0.4 is 0 Å². The summed E-state index contributed by atoms with van der Waals surface area (Å²) in [5.41, 5.74) is 0. The van der Waals surface area contributed by atoms with Crippen LogP contribution in [-0.2, 0) is 0 Å². The highest BCUT2D eigenvalue weighted by molar-refractivity contribution is 5.77. The lowest BCUT2D eigenvalue weighted by Gasteiger charge is -2.31. The van der Waals surface area contributed by atoms with Gasteiger partial charge in [-0.15, -0.1) is 0 Å². The summed E-state index contributed by atoms with van der Waals surface area (Å²) < 4.78 is 0. The number of carbonyl (C=O) groups excluding carboxylic acids is 1. The monoisotopic (exact) mass is 267 g/mol. The Bertz CT molecular complexity index is 311. The minimum absolute atomic E-state index is 0.264. The van der Waals surface area contributed by atoms with Crippen LogP contribution in [0.2, 0.25) is 0 Å². The van der Waals surface area contributed by atoms with Gasteiger partial charge in [-0.1, -0.05) is 13.8 Å². The van der Waals surface area contributed by atoms with Gasteiger partial charge in [-0.3, -0.25) is 0 Å². The molecule has 0 aromatic rings. The fourth-order valence-corrected chi connectivity index (χ4v) is 3.38. The second-order valence-electron chi connectivity index (χ2n) is 6.53. The van der Waals surface area contributed by atoms with E-state index < -0.39 is 0 Å². The topological polar surface area (TPSA) is 26.8 Å². The minimum atomic E-state index is 0.264. The molecule has 4 nitrogen and oxygen atoms in total. The Hall–Kier alpha value is -0.770. The summed E-state index contributed by atoms with van der Waals surface area (Å²) >= 11 is 0. The molecule has 0 saturated carbocycles. The van der Waals surface area contributed by atoms with Crippen molar-refractivity contribution < 1.29 is 4.79 Å². The normalized spacial score (nSPS) is 26.8. The van der Waals surface area contributed by atoms with Crippen LogP contribution in [0.3, 0.4) is 0 Å². The average Bonchev–Trinajstić information content (AvgIpc) is 2.69. The molecule has 110 valence electrons. The fraction of sp³-hybridized carbons (Fsp3) is 0.933. The summed E-state index contributed by atoms with van der Waals surface area (Å²) in [7, 11) is 2.19. The molecule has 2 aliphatic rings. The number of likely N-dealkylation sites (N-methyl/N-ethyl adjacent to an activating group) is 1. The maximum Gasteiger partial charge on any atom is 0.320 e. The van der Waals surface area contributed by atoms with E-state index in [1.807, 2.05) is 0 Å². The van der Waals surface area contributed by atoms with E-state index in [2.05, 4.69) is 42.5 Å². The van der Waals surface area contributed by atoms with Crippen molar-refractivity contribution in [2.45, 2.75) is 39.7 Å². The predicted octanol–water partition coefficient (Wildman–Crippen LogP) is 2.11. The van der Waals surface area contributed by atoms with Gasteiger partial charge in [-0.2, -0.15) is 0 Å². The number of likely N-dealkylation sites (tertiary alicyclic amines) is 1. The second-order valence-corrected chi connectivity index (χ2v) is 6.53. The Morgan fingerprint density at radius 3 is 2.37 bits per heavy atom. The molecule has 0 bridgehead atoms. The lowest BCUT2D eigenvalue weighted by molar-refractivity contribution is 0.163. The molecular weight excluding hydrogens is 238 g/mol. The van der Waals surface area contributed by atoms with Crippen LogP contribution in [-0.4, -0.2) is 66.5 Å². The van der Waals surface area contributed by atoms with E-state index in [0.29, 0.717) is 17.9 Å². The number of hydrogen-bond acceptors (Lipinski definition) is 2. The molecule has 0 aromatic carbocycles. The van der Waals surface area contributed by atoms with Crippen molar-refractivity contribution >= 4 is 6.03 Å². The van der Waals surface area contributed by atoms with Crippen molar-refractivity contribution in [1.29, 1.82) is 0 Å². The zero-order chi connectivity index (χ0) is 14.0. The fourth-order valence-electron chi connectivity index (χ4n) is 3.38. The third-order valence-corrected chi connectivity index (χ3v) is 4.75. The van der Waals surface area contributed by atoms with Gasteiger partial charge in [-0.25, -0.2) is 4.79 Å². The Kier molecular flexibility index (Phi) is 4.71. The number of piperidine rings is 1. The molecule has 2 fully saturated rings. The molecule has 4 heteroatoms.